The van der Waals surface area contributed by atoms with E-state index >= 15 is 0 Å². The van der Waals surface area contributed by atoms with Gasteiger partial charge in [-0.25, -0.2) is 4.57 Å². The lowest BCUT2D eigenvalue weighted by Gasteiger charge is -2.24. The van der Waals surface area contributed by atoms with Gasteiger partial charge < -0.3 is 24.0 Å². The number of carbonyl (C=O) groups excluding carboxylic acids is 2. The molecule has 10 nitrogen and oxygen atoms in total. The number of phosphoric ester groups is 1. The highest BCUT2D eigenvalue weighted by molar-refractivity contribution is 7.47. The number of hydrogen-bond donors (Lipinski definition) is 2. The minimum absolute atomic E-state index is 0.000998. The summed E-state index contributed by atoms with van der Waals surface area (Å²) in [5.41, 5.74) is 0. The van der Waals surface area contributed by atoms with Crippen LogP contribution in [0.3, 0.4) is 0 Å². The Morgan fingerprint density at radius 3 is 1.81 bits per heavy atom. The molecular formula is C46H83NO9P+. The minimum atomic E-state index is -4.42. The fraction of sp³-hybridized carbons (Fsp3) is 0.739. The largest absolute Gasteiger partial charge is 0.472 e. The third-order valence-corrected chi connectivity index (χ3v) is 10.1. The van der Waals surface area contributed by atoms with Gasteiger partial charge in [0.15, 0.2) is 6.10 Å². The number of esters is 2. The van der Waals surface area contributed by atoms with Gasteiger partial charge in [-0.05, 0) is 70.6 Å². The average molecular weight is 825 g/mol. The monoisotopic (exact) mass is 825 g/mol. The molecule has 0 aromatic heterocycles. The van der Waals surface area contributed by atoms with Crippen molar-refractivity contribution < 1.29 is 47.2 Å². The molecule has 0 heterocycles. The lowest BCUT2D eigenvalue weighted by atomic mass is 10.1. The molecule has 0 fully saturated rings. The second-order valence-corrected chi connectivity index (χ2v) is 17.4. The van der Waals surface area contributed by atoms with Gasteiger partial charge in [0.1, 0.15) is 19.8 Å². The maximum Gasteiger partial charge on any atom is 0.472 e. The number of ether oxygens (including phenoxy) is 2. The van der Waals surface area contributed by atoms with E-state index in [9.17, 15) is 24.2 Å². The Labute approximate surface area is 348 Å². The van der Waals surface area contributed by atoms with Crippen LogP contribution in [0, 0.1) is 0 Å². The Hall–Kier alpha value is -2.33. The SMILES string of the molecule is CCCCC/C=C\C/C=C\C/C=C\C=C\[C@@H](O)CCCC(=O)OC[C@H](COP(=O)(O)OCC[N+](C)(C)C)OC(=O)CCCCCCCCC/C=C\CCCCCC. The highest BCUT2D eigenvalue weighted by atomic mass is 31.2. The van der Waals surface area contributed by atoms with Crippen LogP contribution in [0.25, 0.3) is 0 Å². The van der Waals surface area contributed by atoms with E-state index in [-0.39, 0.29) is 26.1 Å². The normalized spacial score (nSPS) is 14.7. The zero-order valence-electron chi connectivity index (χ0n) is 36.7. The van der Waals surface area contributed by atoms with Crippen molar-refractivity contribution in [2.45, 2.75) is 174 Å². The number of quaternary nitrogens is 1. The lowest BCUT2D eigenvalue weighted by Crippen LogP contribution is -2.37. The van der Waals surface area contributed by atoms with Crippen molar-refractivity contribution in [2.75, 3.05) is 47.5 Å². The molecule has 0 aromatic rings. The number of nitrogens with zero attached hydrogens (tertiary/aromatic N) is 1. The van der Waals surface area contributed by atoms with Crippen molar-refractivity contribution in [2.24, 2.45) is 0 Å². The highest BCUT2D eigenvalue weighted by Gasteiger charge is 2.27. The summed E-state index contributed by atoms with van der Waals surface area (Å²) in [6, 6.07) is 0. The van der Waals surface area contributed by atoms with E-state index in [2.05, 4.69) is 50.3 Å². The van der Waals surface area contributed by atoms with Crippen molar-refractivity contribution in [1.29, 1.82) is 0 Å². The van der Waals surface area contributed by atoms with Gasteiger partial charge in [-0.2, -0.15) is 0 Å². The van der Waals surface area contributed by atoms with E-state index in [1.165, 1.54) is 70.6 Å². The second-order valence-electron chi connectivity index (χ2n) is 15.9. The van der Waals surface area contributed by atoms with Crippen LogP contribution in [0.2, 0.25) is 0 Å². The molecule has 0 aromatic carbocycles. The second kappa shape index (κ2) is 37.9. The molecule has 2 N–H and O–H groups in total. The fourth-order valence-electron chi connectivity index (χ4n) is 5.58. The molecule has 57 heavy (non-hydrogen) atoms. The van der Waals surface area contributed by atoms with E-state index in [0.29, 0.717) is 30.3 Å². The van der Waals surface area contributed by atoms with Crippen LogP contribution in [-0.4, -0.2) is 86.1 Å². The first kappa shape index (κ1) is 54.7. The Balaban J connectivity index is 4.57. The van der Waals surface area contributed by atoms with E-state index in [1.54, 1.807) is 12.2 Å². The maximum atomic E-state index is 12.7. The summed E-state index contributed by atoms with van der Waals surface area (Å²) in [6.07, 6.45) is 41.5. The standard InChI is InChI=1S/C46H82NO9P/c1-6-8-10-12-14-16-18-20-21-23-25-27-29-31-33-37-46(50)56-44(42-55-57(51,52)54-40-39-47(3,4)5)41-53-45(49)38-34-36-43(48)35-32-30-28-26-24-22-19-17-15-13-11-9-7-2/h15-18,22,24,28,30,32,35,43-44,48H,6-14,19-21,23,25-27,29,31,33-34,36-42H2,1-5H3/p+1/b17-15-,18-16-,24-22-,30-28-,35-32+/t43-,44-/m1/s1. The number of phosphoric acid groups is 1. The summed E-state index contributed by atoms with van der Waals surface area (Å²) >= 11 is 0. The van der Waals surface area contributed by atoms with Gasteiger partial charge in [-0.3, -0.25) is 18.6 Å². The maximum absolute atomic E-state index is 12.7. The summed E-state index contributed by atoms with van der Waals surface area (Å²) < 4.78 is 34.1. The molecule has 3 atom stereocenters. The van der Waals surface area contributed by atoms with Gasteiger partial charge in [0.05, 0.1) is 33.9 Å². The van der Waals surface area contributed by atoms with E-state index in [4.69, 9.17) is 18.5 Å². The number of aliphatic hydroxyl groups is 1. The molecule has 0 aliphatic heterocycles. The van der Waals surface area contributed by atoms with E-state index < -0.39 is 38.6 Å². The molecule has 330 valence electrons. The van der Waals surface area contributed by atoms with Crippen LogP contribution >= 0.6 is 7.82 Å². The first-order valence-corrected chi connectivity index (χ1v) is 23.6. The van der Waals surface area contributed by atoms with Gasteiger partial charge in [0.25, 0.3) is 0 Å². The molecule has 0 aliphatic carbocycles. The number of aliphatic hydroxyl groups excluding tert-OH is 1. The Bertz CT molecular complexity index is 1170. The molecule has 0 radical (unpaired) electrons. The Morgan fingerprint density at radius 1 is 0.632 bits per heavy atom. The van der Waals surface area contributed by atoms with Crippen LogP contribution in [0.4, 0.5) is 0 Å². The molecular weight excluding hydrogens is 741 g/mol. The number of unbranched alkanes of at least 4 members (excludes halogenated alkanes) is 14. The summed E-state index contributed by atoms with van der Waals surface area (Å²) in [6.45, 7) is 4.14. The molecule has 1 unspecified atom stereocenters. The smallest absolute Gasteiger partial charge is 0.462 e. The van der Waals surface area contributed by atoms with Crippen molar-refractivity contribution in [3.63, 3.8) is 0 Å². The third-order valence-electron chi connectivity index (χ3n) is 9.12. The summed E-state index contributed by atoms with van der Waals surface area (Å²) in [5, 5.41) is 10.3. The predicted octanol–water partition coefficient (Wildman–Crippen LogP) is 11.4. The number of allylic oxidation sites excluding steroid dienone is 9. The summed E-state index contributed by atoms with van der Waals surface area (Å²) in [4.78, 5) is 35.4. The molecule has 0 amide bonds. The molecule has 0 spiro atoms. The molecule has 11 heteroatoms. The third kappa shape index (κ3) is 41.6. The van der Waals surface area contributed by atoms with Crippen LogP contribution in [0.15, 0.2) is 60.8 Å². The van der Waals surface area contributed by atoms with Gasteiger partial charge in [-0.1, -0.05) is 139 Å². The molecule has 0 saturated carbocycles. The number of rotatable bonds is 39. The summed E-state index contributed by atoms with van der Waals surface area (Å²) in [5.74, 6) is -1.01. The number of likely N-dealkylation sites (N-methyl/N-ethyl adjacent to an activating group) is 1. The van der Waals surface area contributed by atoms with Crippen LogP contribution in [-0.2, 0) is 32.7 Å². The Morgan fingerprint density at radius 2 is 1.16 bits per heavy atom. The summed E-state index contributed by atoms with van der Waals surface area (Å²) in [7, 11) is 1.37. The average Bonchev–Trinajstić information content (AvgIpc) is 3.15. The van der Waals surface area contributed by atoms with Crippen molar-refractivity contribution in [3.05, 3.63) is 60.8 Å². The number of carbonyl (C=O) groups is 2. The molecule has 0 bridgehead atoms. The highest BCUT2D eigenvalue weighted by Crippen LogP contribution is 2.43. The van der Waals surface area contributed by atoms with E-state index in [1.807, 2.05) is 33.3 Å². The first-order chi connectivity index (χ1) is 27.4. The number of hydrogen-bond acceptors (Lipinski definition) is 8. The molecule has 0 saturated heterocycles. The van der Waals surface area contributed by atoms with Crippen LogP contribution in [0.1, 0.15) is 162 Å². The quantitative estimate of drug-likeness (QED) is 0.0155. The molecule has 0 rings (SSSR count). The van der Waals surface area contributed by atoms with Gasteiger partial charge >= 0.3 is 19.8 Å². The van der Waals surface area contributed by atoms with Gasteiger partial charge in [0, 0.05) is 12.8 Å². The zero-order valence-corrected chi connectivity index (χ0v) is 37.6. The first-order valence-electron chi connectivity index (χ1n) is 22.1. The van der Waals surface area contributed by atoms with Crippen molar-refractivity contribution >= 4 is 19.8 Å². The van der Waals surface area contributed by atoms with Crippen LogP contribution in [0.5, 0.6) is 0 Å². The van der Waals surface area contributed by atoms with E-state index in [0.717, 1.165) is 44.9 Å². The fourth-order valence-corrected chi connectivity index (χ4v) is 6.32. The topological polar surface area (TPSA) is 129 Å². The lowest BCUT2D eigenvalue weighted by molar-refractivity contribution is -0.870. The molecule has 0 aliphatic rings. The van der Waals surface area contributed by atoms with Gasteiger partial charge in [-0.15, -0.1) is 0 Å². The Kier molecular flexibility index (Phi) is 36.4. The van der Waals surface area contributed by atoms with Crippen LogP contribution < -0.4 is 0 Å². The minimum Gasteiger partial charge on any atom is -0.462 e. The predicted molar refractivity (Wildman–Crippen MR) is 235 cm³/mol. The van der Waals surface area contributed by atoms with Crippen molar-refractivity contribution in [1.82, 2.24) is 0 Å². The van der Waals surface area contributed by atoms with Gasteiger partial charge in [0.2, 0.25) is 0 Å². The van der Waals surface area contributed by atoms with Crippen molar-refractivity contribution in [3.8, 4) is 0 Å². The zero-order chi connectivity index (χ0) is 42.3.